The van der Waals surface area contributed by atoms with Gasteiger partial charge in [0.25, 0.3) is 10.2 Å². The first kappa shape index (κ1) is 18.2. The Kier molecular flexibility index (Phi) is 6.41. The van der Waals surface area contributed by atoms with E-state index in [4.69, 9.17) is 4.74 Å². The van der Waals surface area contributed by atoms with Crippen molar-refractivity contribution in [2.24, 2.45) is 5.92 Å². The van der Waals surface area contributed by atoms with Crippen LogP contribution in [0.15, 0.2) is 24.3 Å². The number of rotatable bonds is 7. The Bertz CT molecular complexity index is 581. The molecular weight excluding hydrogens is 314 g/mol. The molecule has 0 spiro atoms. The van der Waals surface area contributed by atoms with Crippen molar-refractivity contribution >= 4 is 10.2 Å². The molecular formula is C16H27N3O3S. The van der Waals surface area contributed by atoms with Gasteiger partial charge in [-0.2, -0.15) is 8.42 Å². The SMILES string of the molecule is CNS(=O)(=O)NCC(c1ccc(OC)cc1)N1CCC(C)CC1. The molecule has 1 aliphatic rings. The quantitative estimate of drug-likeness (QED) is 0.789. The first-order chi connectivity index (χ1) is 10.9. The number of nitrogens with zero attached hydrogens (tertiary/aromatic N) is 1. The lowest BCUT2D eigenvalue weighted by atomic mass is 9.96. The predicted octanol–water partition coefficient (Wildman–Crippen LogP) is 1.52. The Morgan fingerprint density at radius 3 is 2.39 bits per heavy atom. The van der Waals surface area contributed by atoms with Crippen molar-refractivity contribution in [3.05, 3.63) is 29.8 Å². The zero-order valence-electron chi connectivity index (χ0n) is 14.1. The zero-order valence-corrected chi connectivity index (χ0v) is 14.9. The van der Waals surface area contributed by atoms with Crippen LogP contribution in [0.4, 0.5) is 0 Å². The van der Waals surface area contributed by atoms with Gasteiger partial charge in [-0.25, -0.2) is 9.44 Å². The van der Waals surface area contributed by atoms with E-state index in [1.165, 1.54) is 7.05 Å². The minimum Gasteiger partial charge on any atom is -0.497 e. The molecule has 2 rings (SSSR count). The van der Waals surface area contributed by atoms with E-state index < -0.39 is 10.2 Å². The molecule has 1 heterocycles. The molecule has 0 aliphatic carbocycles. The average Bonchev–Trinajstić information content (AvgIpc) is 2.57. The summed E-state index contributed by atoms with van der Waals surface area (Å²) in [7, 11) is -0.388. The summed E-state index contributed by atoms with van der Waals surface area (Å²) < 4.78 is 33.6. The van der Waals surface area contributed by atoms with E-state index in [-0.39, 0.29) is 6.04 Å². The number of likely N-dealkylation sites (tertiary alicyclic amines) is 1. The molecule has 6 nitrogen and oxygen atoms in total. The summed E-state index contributed by atoms with van der Waals surface area (Å²) >= 11 is 0. The van der Waals surface area contributed by atoms with Crippen LogP contribution in [0.25, 0.3) is 0 Å². The molecule has 0 radical (unpaired) electrons. The third kappa shape index (κ3) is 5.17. The Hall–Kier alpha value is -1.15. The van der Waals surface area contributed by atoms with Crippen LogP contribution in [0.5, 0.6) is 5.75 Å². The smallest absolute Gasteiger partial charge is 0.276 e. The fourth-order valence-electron chi connectivity index (χ4n) is 2.88. The fourth-order valence-corrected chi connectivity index (χ4v) is 3.41. The van der Waals surface area contributed by atoms with E-state index in [1.807, 2.05) is 24.3 Å². The van der Waals surface area contributed by atoms with Gasteiger partial charge in [0.15, 0.2) is 0 Å². The Morgan fingerprint density at radius 2 is 1.87 bits per heavy atom. The van der Waals surface area contributed by atoms with Crippen molar-refractivity contribution in [2.45, 2.75) is 25.8 Å². The number of hydrogen-bond acceptors (Lipinski definition) is 4. The largest absolute Gasteiger partial charge is 0.497 e. The lowest BCUT2D eigenvalue weighted by Gasteiger charge is -2.37. The molecule has 1 saturated heterocycles. The molecule has 23 heavy (non-hydrogen) atoms. The number of hydrogen-bond donors (Lipinski definition) is 2. The number of methoxy groups -OCH3 is 1. The third-order valence-electron chi connectivity index (χ3n) is 4.50. The number of piperidine rings is 1. The molecule has 1 aromatic carbocycles. The van der Waals surface area contributed by atoms with Crippen LogP contribution in [0.2, 0.25) is 0 Å². The minimum absolute atomic E-state index is 0.0246. The molecule has 7 heteroatoms. The Labute approximate surface area is 139 Å². The summed E-state index contributed by atoms with van der Waals surface area (Å²) in [5.41, 5.74) is 1.10. The van der Waals surface area contributed by atoms with E-state index in [1.54, 1.807) is 7.11 Å². The Balaban J connectivity index is 2.15. The van der Waals surface area contributed by atoms with Gasteiger partial charge in [-0.1, -0.05) is 19.1 Å². The van der Waals surface area contributed by atoms with Gasteiger partial charge < -0.3 is 4.74 Å². The lowest BCUT2D eigenvalue weighted by molar-refractivity contribution is 0.139. The van der Waals surface area contributed by atoms with Crippen molar-refractivity contribution in [1.82, 2.24) is 14.3 Å². The van der Waals surface area contributed by atoms with E-state index in [0.717, 1.165) is 43.2 Å². The molecule has 0 saturated carbocycles. The summed E-state index contributed by atoms with van der Waals surface area (Å²) in [4.78, 5) is 2.36. The van der Waals surface area contributed by atoms with Crippen LogP contribution in [-0.2, 0) is 10.2 Å². The van der Waals surface area contributed by atoms with E-state index in [2.05, 4.69) is 21.3 Å². The predicted molar refractivity (Wildman–Crippen MR) is 91.7 cm³/mol. The van der Waals surface area contributed by atoms with Crippen molar-refractivity contribution in [3.63, 3.8) is 0 Å². The van der Waals surface area contributed by atoms with Crippen LogP contribution in [0.3, 0.4) is 0 Å². The maximum absolute atomic E-state index is 11.7. The molecule has 1 atom stereocenters. The summed E-state index contributed by atoms with van der Waals surface area (Å²) in [6, 6.07) is 7.88. The van der Waals surface area contributed by atoms with Gasteiger partial charge in [-0.15, -0.1) is 0 Å². The van der Waals surface area contributed by atoms with Crippen LogP contribution in [-0.4, -0.2) is 47.1 Å². The van der Waals surface area contributed by atoms with Crippen molar-refractivity contribution in [2.75, 3.05) is 33.8 Å². The van der Waals surface area contributed by atoms with Crippen LogP contribution < -0.4 is 14.2 Å². The second-order valence-corrected chi connectivity index (χ2v) is 7.77. The average molecular weight is 341 g/mol. The van der Waals surface area contributed by atoms with E-state index in [0.29, 0.717) is 6.54 Å². The molecule has 2 N–H and O–H groups in total. The second-order valence-electron chi connectivity index (χ2n) is 6.06. The molecule has 0 bridgehead atoms. The van der Waals surface area contributed by atoms with E-state index in [9.17, 15) is 8.42 Å². The number of nitrogens with one attached hydrogen (secondary N) is 2. The highest BCUT2D eigenvalue weighted by Crippen LogP contribution is 2.27. The molecule has 1 unspecified atom stereocenters. The highest BCUT2D eigenvalue weighted by Gasteiger charge is 2.25. The zero-order chi connectivity index (χ0) is 16.9. The topological polar surface area (TPSA) is 70.7 Å². The lowest BCUT2D eigenvalue weighted by Crippen LogP contribution is -2.44. The van der Waals surface area contributed by atoms with Gasteiger partial charge in [0, 0.05) is 19.6 Å². The number of ether oxygens (including phenoxy) is 1. The number of benzene rings is 1. The fraction of sp³-hybridized carbons (Fsp3) is 0.625. The van der Waals surface area contributed by atoms with Crippen molar-refractivity contribution in [3.8, 4) is 5.75 Å². The van der Waals surface area contributed by atoms with Gasteiger partial charge in [0.1, 0.15) is 5.75 Å². The van der Waals surface area contributed by atoms with Crippen LogP contribution >= 0.6 is 0 Å². The summed E-state index contributed by atoms with van der Waals surface area (Å²) in [6.07, 6.45) is 2.29. The summed E-state index contributed by atoms with van der Waals surface area (Å²) in [6.45, 7) is 4.59. The summed E-state index contributed by atoms with van der Waals surface area (Å²) in [5, 5.41) is 0. The van der Waals surface area contributed by atoms with Gasteiger partial charge in [-0.3, -0.25) is 4.90 Å². The van der Waals surface area contributed by atoms with Crippen molar-refractivity contribution in [1.29, 1.82) is 0 Å². The molecule has 1 aliphatic heterocycles. The minimum atomic E-state index is -3.44. The van der Waals surface area contributed by atoms with Crippen molar-refractivity contribution < 1.29 is 13.2 Å². The maximum Gasteiger partial charge on any atom is 0.276 e. The van der Waals surface area contributed by atoms with Crippen LogP contribution in [0.1, 0.15) is 31.4 Å². The molecule has 0 aromatic heterocycles. The monoisotopic (exact) mass is 341 g/mol. The van der Waals surface area contributed by atoms with Gasteiger partial charge in [0.2, 0.25) is 0 Å². The van der Waals surface area contributed by atoms with E-state index >= 15 is 0 Å². The first-order valence-electron chi connectivity index (χ1n) is 8.01. The third-order valence-corrected chi connectivity index (χ3v) is 5.58. The van der Waals surface area contributed by atoms with Gasteiger partial charge in [0.05, 0.1) is 7.11 Å². The normalized spacial score (nSPS) is 18.7. The maximum atomic E-state index is 11.7. The first-order valence-corrected chi connectivity index (χ1v) is 9.49. The highest BCUT2D eigenvalue weighted by molar-refractivity contribution is 7.87. The molecule has 130 valence electrons. The highest BCUT2D eigenvalue weighted by atomic mass is 32.2. The molecule has 1 fully saturated rings. The van der Waals surface area contributed by atoms with Gasteiger partial charge >= 0.3 is 0 Å². The van der Waals surface area contributed by atoms with Gasteiger partial charge in [-0.05, 0) is 49.5 Å². The molecule has 1 aromatic rings. The second kappa shape index (κ2) is 8.10. The summed E-state index contributed by atoms with van der Waals surface area (Å²) in [5.74, 6) is 1.53. The van der Waals surface area contributed by atoms with Crippen LogP contribution in [0, 0.1) is 5.92 Å². The Morgan fingerprint density at radius 1 is 1.26 bits per heavy atom. The standard InChI is InChI=1S/C16H27N3O3S/c1-13-8-10-19(11-9-13)16(12-18-23(20,21)17-2)14-4-6-15(22-3)7-5-14/h4-7,13,16-18H,8-12H2,1-3H3. The molecule has 0 amide bonds.